The van der Waals surface area contributed by atoms with Gasteiger partial charge in [-0.05, 0) is 48.4 Å². The number of alkyl halides is 2. The van der Waals surface area contributed by atoms with Gasteiger partial charge < -0.3 is 19.1 Å². The Bertz CT molecular complexity index is 889. The molecule has 0 aliphatic carbocycles. The van der Waals surface area contributed by atoms with E-state index in [2.05, 4.69) is 4.74 Å². The average Bonchev–Trinajstić information content (AvgIpc) is 2.74. The summed E-state index contributed by atoms with van der Waals surface area (Å²) in [6.45, 7) is 0.442. The third kappa shape index (κ3) is 5.93. The molecule has 0 saturated carbocycles. The average molecular weight is 438 g/mol. The lowest BCUT2D eigenvalue weighted by Gasteiger charge is -2.32. The van der Waals surface area contributed by atoms with Gasteiger partial charge in [-0.3, -0.25) is 4.79 Å². The Morgan fingerprint density at radius 2 is 2.03 bits per heavy atom. The van der Waals surface area contributed by atoms with Gasteiger partial charge in [-0.1, -0.05) is 29.8 Å². The van der Waals surface area contributed by atoms with Crippen molar-refractivity contribution in [1.29, 1.82) is 0 Å². The zero-order valence-corrected chi connectivity index (χ0v) is 17.1. The Kier molecular flexibility index (Phi) is 7.65. The highest BCUT2D eigenvalue weighted by Gasteiger charge is 2.24. The second kappa shape index (κ2) is 10.4. The van der Waals surface area contributed by atoms with E-state index in [-0.39, 0.29) is 23.5 Å². The van der Waals surface area contributed by atoms with Crippen LogP contribution >= 0.6 is 11.6 Å². The molecule has 160 valence electrons. The molecule has 1 saturated heterocycles. The monoisotopic (exact) mass is 437 g/mol. The van der Waals surface area contributed by atoms with Crippen molar-refractivity contribution >= 4 is 23.6 Å². The molecule has 2 aromatic carbocycles. The summed E-state index contributed by atoms with van der Waals surface area (Å²) in [5.41, 5.74) is 1.59. The number of nitrogens with zero attached hydrogens (tertiary/aromatic N) is 1. The normalized spacial score (nSPS) is 16.8. The van der Waals surface area contributed by atoms with Crippen molar-refractivity contribution in [1.82, 2.24) is 4.90 Å². The third-order valence-electron chi connectivity index (χ3n) is 4.52. The first kappa shape index (κ1) is 22.1. The van der Waals surface area contributed by atoms with Crippen LogP contribution < -0.4 is 9.47 Å². The fourth-order valence-electron chi connectivity index (χ4n) is 3.09. The lowest BCUT2D eigenvalue weighted by molar-refractivity contribution is -0.133. The molecular formula is C22H22ClF2NO4. The first-order chi connectivity index (χ1) is 14.5. The fourth-order valence-corrected chi connectivity index (χ4v) is 3.22. The van der Waals surface area contributed by atoms with E-state index in [1.807, 2.05) is 12.1 Å². The molecule has 3 rings (SSSR count). The lowest BCUT2D eigenvalue weighted by Crippen LogP contribution is -2.41. The Morgan fingerprint density at radius 1 is 1.27 bits per heavy atom. The molecule has 8 heteroatoms. The van der Waals surface area contributed by atoms with Crippen LogP contribution in [0.15, 0.2) is 48.5 Å². The van der Waals surface area contributed by atoms with E-state index in [1.54, 1.807) is 42.2 Å². The number of carbonyl (C=O) groups excluding carboxylic acids is 1. The third-order valence-corrected chi connectivity index (χ3v) is 4.77. The van der Waals surface area contributed by atoms with E-state index >= 15 is 0 Å². The zero-order valence-electron chi connectivity index (χ0n) is 16.4. The summed E-state index contributed by atoms with van der Waals surface area (Å²) in [7, 11) is 0. The van der Waals surface area contributed by atoms with Crippen molar-refractivity contribution in [3.05, 3.63) is 64.7 Å². The highest BCUT2D eigenvalue weighted by Crippen LogP contribution is 2.30. The second-order valence-corrected chi connectivity index (χ2v) is 6.98. The van der Waals surface area contributed by atoms with Gasteiger partial charge in [0.1, 0.15) is 6.10 Å². The van der Waals surface area contributed by atoms with Crippen LogP contribution in [-0.4, -0.2) is 43.7 Å². The summed E-state index contributed by atoms with van der Waals surface area (Å²) in [4.78, 5) is 14.3. The number of benzene rings is 2. The molecule has 1 aliphatic heterocycles. The Hall–Kier alpha value is -2.64. The maximum Gasteiger partial charge on any atom is 0.387 e. The maximum atomic E-state index is 12.6. The van der Waals surface area contributed by atoms with Crippen LogP contribution in [0.5, 0.6) is 11.5 Å². The SMILES string of the molecule is CCOc1cc(/C=C/C(=O)N2CCOC(c3ccc(Cl)cc3)C2)ccc1OC(F)F. The molecule has 0 spiro atoms. The molecule has 0 N–H and O–H groups in total. The Morgan fingerprint density at radius 3 is 2.73 bits per heavy atom. The highest BCUT2D eigenvalue weighted by molar-refractivity contribution is 6.30. The summed E-state index contributed by atoms with van der Waals surface area (Å²) in [6, 6.07) is 11.9. The summed E-state index contributed by atoms with van der Waals surface area (Å²) >= 11 is 5.93. The number of halogens is 3. The molecule has 1 atom stereocenters. The number of hydrogen-bond donors (Lipinski definition) is 0. The van der Waals surface area contributed by atoms with Gasteiger partial charge in [-0.25, -0.2) is 0 Å². The van der Waals surface area contributed by atoms with Gasteiger partial charge in [0.25, 0.3) is 0 Å². The van der Waals surface area contributed by atoms with Gasteiger partial charge >= 0.3 is 6.61 Å². The molecule has 1 heterocycles. The van der Waals surface area contributed by atoms with E-state index in [9.17, 15) is 13.6 Å². The Labute approximate surface area is 178 Å². The summed E-state index contributed by atoms with van der Waals surface area (Å²) in [5, 5.41) is 0.641. The van der Waals surface area contributed by atoms with Crippen LogP contribution in [0.25, 0.3) is 6.08 Å². The lowest BCUT2D eigenvalue weighted by atomic mass is 10.1. The van der Waals surface area contributed by atoms with Crippen molar-refractivity contribution in [2.24, 2.45) is 0 Å². The highest BCUT2D eigenvalue weighted by atomic mass is 35.5. The summed E-state index contributed by atoms with van der Waals surface area (Å²) < 4.78 is 40.6. The molecule has 2 aromatic rings. The van der Waals surface area contributed by atoms with Gasteiger partial charge in [-0.15, -0.1) is 0 Å². The second-order valence-electron chi connectivity index (χ2n) is 6.55. The molecule has 0 bridgehead atoms. The van der Waals surface area contributed by atoms with Crippen LogP contribution in [0.2, 0.25) is 5.02 Å². The largest absolute Gasteiger partial charge is 0.490 e. The number of amides is 1. The maximum absolute atomic E-state index is 12.6. The number of carbonyl (C=O) groups is 1. The molecular weight excluding hydrogens is 416 g/mol. The standard InChI is InChI=1S/C22H22ClF2NO4/c1-2-28-19-13-15(3-9-18(19)30-22(24)25)4-10-21(27)26-11-12-29-20(14-26)16-5-7-17(23)8-6-16/h3-10,13,20,22H,2,11-12,14H2,1H3/b10-4+. The van der Waals surface area contributed by atoms with E-state index < -0.39 is 6.61 Å². The van der Waals surface area contributed by atoms with Crippen LogP contribution in [0.3, 0.4) is 0 Å². The quantitative estimate of drug-likeness (QED) is 0.575. The van der Waals surface area contributed by atoms with Crippen molar-refractivity contribution in [2.75, 3.05) is 26.3 Å². The molecule has 1 amide bonds. The van der Waals surface area contributed by atoms with Crippen LogP contribution in [0.4, 0.5) is 8.78 Å². The molecule has 1 aliphatic rings. The van der Waals surface area contributed by atoms with Crippen molar-refractivity contribution < 1.29 is 27.8 Å². The van der Waals surface area contributed by atoms with Crippen molar-refractivity contribution in [3.8, 4) is 11.5 Å². The Balaban J connectivity index is 1.67. The molecule has 30 heavy (non-hydrogen) atoms. The van der Waals surface area contributed by atoms with Crippen molar-refractivity contribution in [3.63, 3.8) is 0 Å². The molecule has 5 nitrogen and oxygen atoms in total. The fraction of sp³-hybridized carbons (Fsp3) is 0.318. The van der Waals surface area contributed by atoms with Gasteiger partial charge in [0.2, 0.25) is 5.91 Å². The minimum absolute atomic E-state index is 0.0469. The molecule has 0 aromatic heterocycles. The first-order valence-electron chi connectivity index (χ1n) is 9.52. The van der Waals surface area contributed by atoms with E-state index in [0.29, 0.717) is 36.9 Å². The number of hydrogen-bond acceptors (Lipinski definition) is 4. The van der Waals surface area contributed by atoms with Gasteiger partial charge in [0.15, 0.2) is 11.5 Å². The van der Waals surface area contributed by atoms with Gasteiger partial charge in [-0.2, -0.15) is 8.78 Å². The predicted octanol–water partition coefficient (Wildman–Crippen LogP) is 4.95. The minimum Gasteiger partial charge on any atom is -0.490 e. The number of ether oxygens (including phenoxy) is 3. The summed E-state index contributed by atoms with van der Waals surface area (Å²) in [5.74, 6) is -0.0148. The van der Waals surface area contributed by atoms with Crippen LogP contribution in [0.1, 0.15) is 24.2 Å². The molecule has 1 unspecified atom stereocenters. The topological polar surface area (TPSA) is 48.0 Å². The van der Waals surface area contributed by atoms with E-state index in [1.165, 1.54) is 12.1 Å². The predicted molar refractivity (Wildman–Crippen MR) is 110 cm³/mol. The smallest absolute Gasteiger partial charge is 0.387 e. The number of rotatable bonds is 7. The van der Waals surface area contributed by atoms with Gasteiger partial charge in [0.05, 0.1) is 19.8 Å². The zero-order chi connectivity index (χ0) is 21.5. The van der Waals surface area contributed by atoms with E-state index in [4.69, 9.17) is 21.1 Å². The van der Waals surface area contributed by atoms with Crippen molar-refractivity contribution in [2.45, 2.75) is 19.6 Å². The first-order valence-corrected chi connectivity index (χ1v) is 9.89. The van der Waals surface area contributed by atoms with Gasteiger partial charge in [0, 0.05) is 17.6 Å². The van der Waals surface area contributed by atoms with E-state index in [0.717, 1.165) is 5.56 Å². The van der Waals surface area contributed by atoms with Crippen LogP contribution in [-0.2, 0) is 9.53 Å². The number of morpholine rings is 1. The molecule has 0 radical (unpaired) electrons. The summed E-state index contributed by atoms with van der Waals surface area (Å²) in [6.07, 6.45) is 2.84. The van der Waals surface area contributed by atoms with Crippen LogP contribution in [0, 0.1) is 0 Å². The molecule has 1 fully saturated rings. The minimum atomic E-state index is -2.94.